The van der Waals surface area contributed by atoms with Crippen molar-refractivity contribution in [3.8, 4) is 0 Å². The number of rotatable bonds is 2. The van der Waals surface area contributed by atoms with E-state index in [1.807, 2.05) is 4.90 Å². The number of amides is 1. The molecule has 1 saturated heterocycles. The second-order valence-electron chi connectivity index (χ2n) is 6.05. The Hall–Kier alpha value is -0.660. The van der Waals surface area contributed by atoms with Crippen molar-refractivity contribution >= 4 is 16.1 Å². The summed E-state index contributed by atoms with van der Waals surface area (Å²) >= 11 is 0. The first kappa shape index (κ1) is 13.3. The molecule has 3 rings (SSSR count). The Labute approximate surface area is 114 Å². The van der Waals surface area contributed by atoms with Crippen LogP contribution in [0.2, 0.25) is 0 Å². The molecule has 3 aliphatic rings. The van der Waals surface area contributed by atoms with Crippen molar-refractivity contribution in [1.29, 1.82) is 0 Å². The molecule has 19 heavy (non-hydrogen) atoms. The van der Waals surface area contributed by atoms with Gasteiger partial charge < -0.3 is 4.90 Å². The Kier molecular flexibility index (Phi) is 3.31. The summed E-state index contributed by atoms with van der Waals surface area (Å²) in [6.45, 7) is 1.60. The molecule has 1 aliphatic heterocycles. The lowest BCUT2D eigenvalue weighted by molar-refractivity contribution is -0.138. The maximum absolute atomic E-state index is 12.5. The van der Waals surface area contributed by atoms with E-state index in [1.54, 1.807) is 0 Å². The van der Waals surface area contributed by atoms with Crippen LogP contribution < -0.4 is 5.14 Å². The van der Waals surface area contributed by atoms with Crippen molar-refractivity contribution < 1.29 is 13.2 Å². The van der Waals surface area contributed by atoms with Gasteiger partial charge in [-0.2, -0.15) is 12.7 Å². The highest BCUT2D eigenvalue weighted by Gasteiger charge is 2.44. The number of hydrogen-bond acceptors (Lipinski definition) is 3. The van der Waals surface area contributed by atoms with Crippen molar-refractivity contribution in [3.05, 3.63) is 0 Å². The molecule has 1 heterocycles. The molecule has 1 amide bonds. The number of carbonyl (C=O) groups excluding carboxylic acids is 1. The number of carbonyl (C=O) groups is 1. The fraction of sp³-hybridized carbons (Fsp3) is 0.917. The molecule has 2 aliphatic carbocycles. The molecule has 7 heteroatoms. The minimum Gasteiger partial charge on any atom is -0.340 e. The number of hydrogen-bond donors (Lipinski definition) is 1. The van der Waals surface area contributed by atoms with Gasteiger partial charge in [0.25, 0.3) is 10.2 Å². The SMILES string of the molecule is NS(=O)(=O)N1CCN(C(=O)C2CC3CCC2C3)CC1. The van der Waals surface area contributed by atoms with E-state index in [2.05, 4.69) is 0 Å². The zero-order valence-corrected chi connectivity index (χ0v) is 11.8. The summed E-state index contributed by atoms with van der Waals surface area (Å²) in [5.74, 6) is 1.76. The number of nitrogens with two attached hydrogens (primary N) is 1. The van der Waals surface area contributed by atoms with Gasteiger partial charge >= 0.3 is 0 Å². The molecule has 0 radical (unpaired) electrons. The van der Waals surface area contributed by atoms with E-state index in [9.17, 15) is 13.2 Å². The predicted octanol–water partition coefficient (Wildman–Crippen LogP) is -0.230. The second kappa shape index (κ2) is 4.71. The van der Waals surface area contributed by atoms with E-state index in [1.165, 1.54) is 23.6 Å². The van der Waals surface area contributed by atoms with E-state index >= 15 is 0 Å². The molecule has 0 aromatic carbocycles. The third-order valence-electron chi connectivity index (χ3n) is 4.97. The molecule has 0 aromatic rings. The number of fused-ring (bicyclic) bond motifs is 2. The Bertz CT molecular complexity index is 471. The predicted molar refractivity (Wildman–Crippen MR) is 70.2 cm³/mol. The maximum atomic E-state index is 12.5. The first-order valence-corrected chi connectivity index (χ1v) is 8.52. The van der Waals surface area contributed by atoms with Gasteiger partial charge in [0.05, 0.1) is 0 Å². The third kappa shape index (κ3) is 2.51. The lowest BCUT2D eigenvalue weighted by atomic mass is 9.87. The normalized spacial score (nSPS) is 35.8. The van der Waals surface area contributed by atoms with E-state index in [4.69, 9.17) is 5.14 Å². The van der Waals surface area contributed by atoms with Crippen LogP contribution in [-0.4, -0.2) is 49.7 Å². The van der Waals surface area contributed by atoms with Gasteiger partial charge in [-0.25, -0.2) is 5.14 Å². The fourth-order valence-electron chi connectivity index (χ4n) is 3.94. The lowest BCUT2D eigenvalue weighted by Crippen LogP contribution is -2.53. The monoisotopic (exact) mass is 287 g/mol. The highest BCUT2D eigenvalue weighted by atomic mass is 32.2. The minimum absolute atomic E-state index is 0.194. The van der Waals surface area contributed by atoms with Crippen molar-refractivity contribution in [1.82, 2.24) is 9.21 Å². The quantitative estimate of drug-likeness (QED) is 0.761. The summed E-state index contributed by atoms with van der Waals surface area (Å²) in [7, 11) is -3.61. The molecule has 3 atom stereocenters. The van der Waals surface area contributed by atoms with Crippen molar-refractivity contribution in [2.24, 2.45) is 22.9 Å². The topological polar surface area (TPSA) is 83.7 Å². The van der Waals surface area contributed by atoms with Crippen LogP contribution in [0.5, 0.6) is 0 Å². The van der Waals surface area contributed by atoms with Gasteiger partial charge in [-0.3, -0.25) is 4.79 Å². The van der Waals surface area contributed by atoms with Crippen LogP contribution in [0.25, 0.3) is 0 Å². The zero-order chi connectivity index (χ0) is 13.6. The molecule has 2 saturated carbocycles. The molecule has 6 nitrogen and oxygen atoms in total. The van der Waals surface area contributed by atoms with Crippen LogP contribution in [0.15, 0.2) is 0 Å². The standard InChI is InChI=1S/C12H21N3O3S/c13-19(17,18)15-5-3-14(4-6-15)12(16)11-8-9-1-2-10(11)7-9/h9-11H,1-8H2,(H2,13,17,18). The van der Waals surface area contributed by atoms with Gasteiger partial charge in [0.2, 0.25) is 5.91 Å². The zero-order valence-electron chi connectivity index (χ0n) is 11.0. The molecule has 2 N–H and O–H groups in total. The van der Waals surface area contributed by atoms with Gasteiger partial charge in [-0.15, -0.1) is 0 Å². The summed E-state index contributed by atoms with van der Waals surface area (Å²) in [5, 5.41) is 5.10. The third-order valence-corrected chi connectivity index (χ3v) is 6.05. The van der Waals surface area contributed by atoms with Crippen LogP contribution in [0.3, 0.4) is 0 Å². The summed E-state index contributed by atoms with van der Waals surface area (Å²) < 4.78 is 23.7. The average molecular weight is 287 g/mol. The Morgan fingerprint density at radius 1 is 1.05 bits per heavy atom. The Balaban J connectivity index is 1.58. The van der Waals surface area contributed by atoms with E-state index in [0.717, 1.165) is 12.3 Å². The largest absolute Gasteiger partial charge is 0.340 e. The molecule has 0 spiro atoms. The van der Waals surface area contributed by atoms with Gasteiger partial charge in [0.15, 0.2) is 0 Å². The first-order chi connectivity index (χ1) is 8.95. The van der Waals surface area contributed by atoms with Crippen molar-refractivity contribution in [3.63, 3.8) is 0 Å². The minimum atomic E-state index is -3.61. The molecule has 2 bridgehead atoms. The van der Waals surface area contributed by atoms with Crippen LogP contribution >= 0.6 is 0 Å². The molecule has 0 aromatic heterocycles. The highest BCUT2D eigenvalue weighted by molar-refractivity contribution is 7.86. The van der Waals surface area contributed by atoms with Crippen LogP contribution in [-0.2, 0) is 15.0 Å². The van der Waals surface area contributed by atoms with Crippen molar-refractivity contribution in [2.75, 3.05) is 26.2 Å². The van der Waals surface area contributed by atoms with E-state index < -0.39 is 10.2 Å². The summed E-state index contributed by atoms with van der Waals surface area (Å²) in [6, 6.07) is 0. The molecule has 3 fully saturated rings. The number of nitrogens with zero attached hydrogens (tertiary/aromatic N) is 2. The Morgan fingerprint density at radius 2 is 1.74 bits per heavy atom. The molecular weight excluding hydrogens is 266 g/mol. The smallest absolute Gasteiger partial charge is 0.277 e. The Morgan fingerprint density at radius 3 is 2.21 bits per heavy atom. The molecular formula is C12H21N3O3S. The first-order valence-electron chi connectivity index (χ1n) is 7.02. The van der Waals surface area contributed by atoms with Crippen LogP contribution in [0.1, 0.15) is 25.7 Å². The van der Waals surface area contributed by atoms with Gasteiger partial charge in [-0.1, -0.05) is 6.42 Å². The highest BCUT2D eigenvalue weighted by Crippen LogP contribution is 2.48. The number of piperazine rings is 1. The second-order valence-corrected chi connectivity index (χ2v) is 7.60. The summed E-state index contributed by atoms with van der Waals surface area (Å²) in [6.07, 6.45) is 4.73. The molecule has 3 unspecified atom stereocenters. The summed E-state index contributed by atoms with van der Waals surface area (Å²) in [5.41, 5.74) is 0. The van der Waals surface area contributed by atoms with Gasteiger partial charge in [0, 0.05) is 32.1 Å². The summed E-state index contributed by atoms with van der Waals surface area (Å²) in [4.78, 5) is 14.3. The fourth-order valence-corrected chi connectivity index (χ4v) is 4.62. The molecule has 108 valence electrons. The average Bonchev–Trinajstić information content (AvgIpc) is 2.99. The van der Waals surface area contributed by atoms with Crippen LogP contribution in [0.4, 0.5) is 0 Å². The van der Waals surface area contributed by atoms with E-state index in [-0.39, 0.29) is 11.8 Å². The van der Waals surface area contributed by atoms with Crippen LogP contribution in [0, 0.1) is 17.8 Å². The lowest BCUT2D eigenvalue weighted by Gasteiger charge is -2.35. The maximum Gasteiger partial charge on any atom is 0.277 e. The van der Waals surface area contributed by atoms with E-state index in [0.29, 0.717) is 32.1 Å². The van der Waals surface area contributed by atoms with Crippen molar-refractivity contribution in [2.45, 2.75) is 25.7 Å². The van der Waals surface area contributed by atoms with Gasteiger partial charge in [0.1, 0.15) is 0 Å². The van der Waals surface area contributed by atoms with Gasteiger partial charge in [-0.05, 0) is 31.1 Å².